The average Bonchev–Trinajstić information content (AvgIpc) is 2.78. The van der Waals surface area contributed by atoms with Gasteiger partial charge < -0.3 is 4.74 Å². The molecule has 180 valence electrons. The van der Waals surface area contributed by atoms with Gasteiger partial charge in [-0.3, -0.25) is 4.90 Å². The second kappa shape index (κ2) is 9.43. The lowest BCUT2D eigenvalue weighted by atomic mass is 9.79. The molecule has 0 spiro atoms. The number of benzene rings is 3. The number of alkyl halides is 6. The number of fused-ring (bicyclic) bond motifs is 1. The fourth-order valence-electron chi connectivity index (χ4n) is 4.52. The summed E-state index contributed by atoms with van der Waals surface area (Å²) in [6.45, 7) is 0.442. The number of ether oxygens (including phenoxy) is 1. The van der Waals surface area contributed by atoms with Gasteiger partial charge in [-0.2, -0.15) is 26.3 Å². The molecule has 0 aliphatic carbocycles. The van der Waals surface area contributed by atoms with Gasteiger partial charge in [-0.25, -0.2) is 0 Å². The van der Waals surface area contributed by atoms with Crippen LogP contribution in [0.2, 0.25) is 0 Å². The Hall–Kier alpha value is -2.84. The molecule has 1 aliphatic rings. The summed E-state index contributed by atoms with van der Waals surface area (Å²) in [7, 11) is 1.94. The molecule has 0 fully saturated rings. The third-order valence-electron chi connectivity index (χ3n) is 6.12. The van der Waals surface area contributed by atoms with Gasteiger partial charge in [-0.15, -0.1) is 0 Å². The molecule has 1 aliphatic heterocycles. The smallest absolute Gasteiger partial charge is 0.375 e. The molecule has 3 aromatic carbocycles. The van der Waals surface area contributed by atoms with E-state index in [2.05, 4.69) is 17.0 Å². The van der Waals surface area contributed by atoms with Crippen molar-refractivity contribution in [2.45, 2.75) is 37.5 Å². The van der Waals surface area contributed by atoms with Crippen LogP contribution in [-0.2, 0) is 30.2 Å². The Morgan fingerprint density at radius 1 is 0.824 bits per heavy atom. The summed E-state index contributed by atoms with van der Waals surface area (Å²) in [5, 5.41) is 0. The highest BCUT2D eigenvalue weighted by molar-refractivity contribution is 5.42. The van der Waals surface area contributed by atoms with E-state index < -0.39 is 23.5 Å². The lowest BCUT2D eigenvalue weighted by molar-refractivity contribution is -0.143. The third-order valence-corrected chi connectivity index (χ3v) is 6.12. The van der Waals surface area contributed by atoms with E-state index in [1.165, 1.54) is 5.56 Å². The van der Waals surface area contributed by atoms with Crippen LogP contribution in [0.4, 0.5) is 26.3 Å². The molecular formula is C26H23F6NO. The second-order valence-electron chi connectivity index (χ2n) is 8.50. The second-order valence-corrected chi connectivity index (χ2v) is 8.50. The van der Waals surface area contributed by atoms with E-state index in [0.717, 1.165) is 11.1 Å². The molecule has 2 nitrogen and oxygen atoms in total. The lowest BCUT2D eigenvalue weighted by Crippen LogP contribution is -2.44. The van der Waals surface area contributed by atoms with E-state index >= 15 is 0 Å². The first-order chi connectivity index (χ1) is 16.0. The molecule has 0 radical (unpaired) electrons. The number of hydrogen-bond acceptors (Lipinski definition) is 2. The van der Waals surface area contributed by atoms with Crippen LogP contribution in [-0.4, -0.2) is 24.6 Å². The van der Waals surface area contributed by atoms with E-state index in [0.29, 0.717) is 18.7 Å². The van der Waals surface area contributed by atoms with Gasteiger partial charge in [0.25, 0.3) is 0 Å². The van der Waals surface area contributed by atoms with Crippen molar-refractivity contribution in [1.82, 2.24) is 4.90 Å². The monoisotopic (exact) mass is 479 g/mol. The summed E-state index contributed by atoms with van der Waals surface area (Å²) in [6, 6.07) is 19.2. The van der Waals surface area contributed by atoms with Crippen LogP contribution >= 0.6 is 0 Å². The van der Waals surface area contributed by atoms with E-state index in [-0.39, 0.29) is 36.8 Å². The number of hydrogen-bond donors (Lipinski definition) is 0. The zero-order valence-electron chi connectivity index (χ0n) is 18.3. The first kappa shape index (κ1) is 24.3. The molecule has 2 atom stereocenters. The van der Waals surface area contributed by atoms with Gasteiger partial charge in [-0.1, -0.05) is 54.6 Å². The maximum atomic E-state index is 13.2. The summed E-state index contributed by atoms with van der Waals surface area (Å²) in [5.74, 6) is -0.0524. The number of likely N-dealkylation sites (N-methyl/N-ethyl adjacent to an activating group) is 1. The molecular weight excluding hydrogens is 456 g/mol. The number of halogens is 6. The highest BCUT2D eigenvalue weighted by Crippen LogP contribution is 2.39. The van der Waals surface area contributed by atoms with Gasteiger partial charge in [0.15, 0.2) is 0 Å². The van der Waals surface area contributed by atoms with Gasteiger partial charge in [0.05, 0.1) is 24.3 Å². The van der Waals surface area contributed by atoms with Crippen molar-refractivity contribution >= 4 is 0 Å². The van der Waals surface area contributed by atoms with Gasteiger partial charge in [-0.05, 0) is 47.5 Å². The zero-order chi connectivity index (χ0) is 24.5. The normalized spacial score (nSPS) is 19.1. The summed E-state index contributed by atoms with van der Waals surface area (Å²) >= 11 is 0. The Morgan fingerprint density at radius 2 is 1.41 bits per heavy atom. The standard InChI is InChI=1S/C26H23F6NO/c1-33-14-19-9-5-6-10-22(19)24(18-7-3-2-4-8-18)23(33)16-34-15-17-11-20(25(27,28)29)13-21(12-17)26(30,31)32/h2-13,23-24H,14-16H2,1H3/t23-,24+/m0/s1. The molecule has 3 aromatic rings. The van der Waals surface area contributed by atoms with Crippen molar-refractivity contribution in [3.8, 4) is 0 Å². The van der Waals surface area contributed by atoms with Crippen LogP contribution in [0.25, 0.3) is 0 Å². The highest BCUT2D eigenvalue weighted by atomic mass is 19.4. The number of nitrogens with zero attached hydrogens (tertiary/aromatic N) is 1. The molecule has 4 rings (SSSR count). The predicted octanol–water partition coefficient (Wildman–Crippen LogP) is 6.89. The van der Waals surface area contributed by atoms with E-state index in [1.807, 2.05) is 49.5 Å². The third kappa shape index (κ3) is 5.28. The molecule has 0 bridgehead atoms. The largest absolute Gasteiger partial charge is 0.416 e. The van der Waals surface area contributed by atoms with Gasteiger partial charge >= 0.3 is 12.4 Å². The fraction of sp³-hybridized carbons (Fsp3) is 0.308. The molecule has 0 amide bonds. The van der Waals surface area contributed by atoms with Crippen molar-refractivity contribution in [2.24, 2.45) is 0 Å². The van der Waals surface area contributed by atoms with Crippen LogP contribution < -0.4 is 0 Å². The van der Waals surface area contributed by atoms with Crippen LogP contribution in [0.5, 0.6) is 0 Å². The minimum absolute atomic E-state index is 0.0524. The predicted molar refractivity (Wildman–Crippen MR) is 116 cm³/mol. The highest BCUT2D eigenvalue weighted by Gasteiger charge is 2.37. The zero-order valence-corrected chi connectivity index (χ0v) is 18.3. The maximum absolute atomic E-state index is 13.2. The fourth-order valence-corrected chi connectivity index (χ4v) is 4.52. The Labute approximate surface area is 193 Å². The quantitative estimate of drug-likeness (QED) is 0.370. The molecule has 34 heavy (non-hydrogen) atoms. The topological polar surface area (TPSA) is 12.5 Å². The Morgan fingerprint density at radius 3 is 2.03 bits per heavy atom. The van der Waals surface area contributed by atoms with Crippen molar-refractivity contribution < 1.29 is 31.1 Å². The van der Waals surface area contributed by atoms with E-state index in [4.69, 9.17) is 4.74 Å². The van der Waals surface area contributed by atoms with Gasteiger partial charge in [0, 0.05) is 18.5 Å². The summed E-state index contributed by atoms with van der Waals surface area (Å²) < 4.78 is 84.7. The Balaban J connectivity index is 1.58. The lowest BCUT2D eigenvalue weighted by Gasteiger charge is -2.40. The summed E-state index contributed by atoms with van der Waals surface area (Å²) in [5.41, 5.74) is 0.519. The van der Waals surface area contributed by atoms with Crippen molar-refractivity contribution in [2.75, 3.05) is 13.7 Å². The van der Waals surface area contributed by atoms with Crippen LogP contribution in [0, 0.1) is 0 Å². The average molecular weight is 479 g/mol. The molecule has 0 saturated carbocycles. The minimum atomic E-state index is -4.89. The van der Waals surface area contributed by atoms with Gasteiger partial charge in [0.1, 0.15) is 0 Å². The molecule has 8 heteroatoms. The maximum Gasteiger partial charge on any atom is 0.416 e. The molecule has 1 heterocycles. The van der Waals surface area contributed by atoms with Crippen LogP contribution in [0.15, 0.2) is 72.8 Å². The van der Waals surface area contributed by atoms with E-state index in [1.54, 1.807) is 0 Å². The SMILES string of the molecule is CN1Cc2ccccc2[C@@H](c2ccccc2)[C@@H]1COCc1cc(C(F)(F)F)cc(C(F)(F)F)c1. The van der Waals surface area contributed by atoms with Crippen molar-refractivity contribution in [3.05, 3.63) is 106 Å². The first-order valence-electron chi connectivity index (χ1n) is 10.7. The summed E-state index contributed by atoms with van der Waals surface area (Å²) in [6.07, 6.45) is -9.77. The van der Waals surface area contributed by atoms with Gasteiger partial charge in [0.2, 0.25) is 0 Å². The van der Waals surface area contributed by atoms with E-state index in [9.17, 15) is 26.3 Å². The first-order valence-corrected chi connectivity index (χ1v) is 10.7. The van der Waals surface area contributed by atoms with Crippen LogP contribution in [0.1, 0.15) is 39.3 Å². The van der Waals surface area contributed by atoms with Crippen molar-refractivity contribution in [3.63, 3.8) is 0 Å². The minimum Gasteiger partial charge on any atom is -0.375 e. The molecule has 0 unspecified atom stereocenters. The molecule has 0 aromatic heterocycles. The Bertz CT molecular complexity index is 1090. The Kier molecular flexibility index (Phi) is 6.73. The summed E-state index contributed by atoms with van der Waals surface area (Å²) in [4.78, 5) is 2.10. The number of rotatable bonds is 5. The molecule has 0 N–H and O–H groups in total. The van der Waals surface area contributed by atoms with Crippen molar-refractivity contribution in [1.29, 1.82) is 0 Å². The molecule has 0 saturated heterocycles. The van der Waals surface area contributed by atoms with Crippen LogP contribution in [0.3, 0.4) is 0 Å².